The van der Waals surface area contributed by atoms with Crippen LogP contribution in [0.25, 0.3) is 12.2 Å². The molecule has 0 bridgehead atoms. The molecule has 1 aliphatic heterocycles. The number of nitrogens with zero attached hydrogens (tertiary/aromatic N) is 4. The predicted octanol–water partition coefficient (Wildman–Crippen LogP) is 5.15. The minimum absolute atomic E-state index is 0.130. The number of fused-ring (bicyclic) bond motifs is 1. The first-order valence-corrected chi connectivity index (χ1v) is 13.5. The summed E-state index contributed by atoms with van der Waals surface area (Å²) in [5.41, 5.74) is 3.30. The van der Waals surface area contributed by atoms with Crippen molar-refractivity contribution in [2.24, 2.45) is 0 Å². The van der Waals surface area contributed by atoms with E-state index in [1.807, 2.05) is 36.4 Å². The maximum absolute atomic E-state index is 12.5. The van der Waals surface area contributed by atoms with Gasteiger partial charge in [0.2, 0.25) is 0 Å². The molecule has 5 rings (SSSR count). The molecular formula is C31H25BrN4O5. The minimum Gasteiger partial charge on any atom is -0.493 e. The Morgan fingerprint density at radius 2 is 1.71 bits per heavy atom. The zero-order chi connectivity index (χ0) is 28.8. The van der Waals surface area contributed by atoms with Crippen molar-refractivity contribution in [3.05, 3.63) is 112 Å². The molecule has 4 aromatic rings. The second-order valence-corrected chi connectivity index (χ2v) is 10.0. The van der Waals surface area contributed by atoms with Crippen molar-refractivity contribution in [3.63, 3.8) is 0 Å². The molecule has 0 unspecified atom stereocenters. The second-order valence-electron chi connectivity index (χ2n) is 9.10. The van der Waals surface area contributed by atoms with Gasteiger partial charge in [-0.3, -0.25) is 19.1 Å². The quantitative estimate of drug-likeness (QED) is 0.170. The van der Waals surface area contributed by atoms with Crippen LogP contribution in [0.5, 0.6) is 11.5 Å². The Labute approximate surface area is 244 Å². The average molecular weight is 613 g/mol. The largest absolute Gasteiger partial charge is 0.493 e. The maximum atomic E-state index is 12.5. The molecule has 1 aromatic heterocycles. The third-order valence-electron chi connectivity index (χ3n) is 6.32. The van der Waals surface area contributed by atoms with Crippen LogP contribution < -0.4 is 14.4 Å². The number of anilines is 1. The molecule has 2 heterocycles. The standard InChI is InChI=1S/C31H25BrN4O5/c1-40-29-17-22(8-12-25(37)11-7-21-5-3-2-4-6-21)9-14-28(29)41-20-24-19-35(34-33-24)15-16-36-27-13-10-23(32)18-26(27)30(38)31(36)39/h2-14,17-19H,15-16,20H2,1H3/b11-7+,12-8+. The number of amides is 1. The SMILES string of the molecule is COc1cc(/C=C/C(=O)/C=C/c2ccccc2)ccc1OCc1cn(CCN2C(=O)C(=O)c3cc(Br)ccc32)nn1. The normalized spacial score (nSPS) is 12.9. The van der Waals surface area contributed by atoms with Gasteiger partial charge in [0, 0.05) is 11.0 Å². The summed E-state index contributed by atoms with van der Waals surface area (Å²) in [4.78, 5) is 38.4. The van der Waals surface area contributed by atoms with Crippen LogP contribution in [0.15, 0.2) is 89.6 Å². The number of hydrogen-bond donors (Lipinski definition) is 0. The van der Waals surface area contributed by atoms with Gasteiger partial charge in [-0.25, -0.2) is 0 Å². The van der Waals surface area contributed by atoms with Gasteiger partial charge in [-0.2, -0.15) is 0 Å². The molecule has 3 aromatic carbocycles. The molecule has 206 valence electrons. The molecule has 0 N–H and O–H groups in total. The second kappa shape index (κ2) is 12.6. The number of allylic oxidation sites excluding steroid dienone is 2. The van der Waals surface area contributed by atoms with Crippen molar-refractivity contribution in [1.82, 2.24) is 15.0 Å². The summed E-state index contributed by atoms with van der Waals surface area (Å²) in [5, 5.41) is 8.26. The fraction of sp³-hybridized carbons (Fsp3) is 0.129. The number of ketones is 2. The molecule has 9 nitrogen and oxygen atoms in total. The van der Waals surface area contributed by atoms with E-state index in [1.165, 1.54) is 17.1 Å². The van der Waals surface area contributed by atoms with Gasteiger partial charge in [0.15, 0.2) is 17.3 Å². The first-order valence-electron chi connectivity index (χ1n) is 12.7. The van der Waals surface area contributed by atoms with Crippen molar-refractivity contribution < 1.29 is 23.9 Å². The van der Waals surface area contributed by atoms with Crippen molar-refractivity contribution in [3.8, 4) is 11.5 Å². The molecule has 1 aliphatic rings. The number of benzene rings is 3. The topological polar surface area (TPSA) is 104 Å². The fourth-order valence-electron chi connectivity index (χ4n) is 4.25. The molecule has 41 heavy (non-hydrogen) atoms. The van der Waals surface area contributed by atoms with Crippen LogP contribution in [0, 0.1) is 0 Å². The Morgan fingerprint density at radius 1 is 0.927 bits per heavy atom. The van der Waals surface area contributed by atoms with Gasteiger partial charge < -0.3 is 14.4 Å². The number of ether oxygens (including phenoxy) is 2. The summed E-state index contributed by atoms with van der Waals surface area (Å²) in [6, 6.07) is 20.2. The van der Waals surface area contributed by atoms with Crippen LogP contribution in [0.2, 0.25) is 0 Å². The predicted molar refractivity (Wildman–Crippen MR) is 158 cm³/mol. The molecule has 0 saturated carbocycles. The van der Waals surface area contributed by atoms with Crippen molar-refractivity contribution in [1.29, 1.82) is 0 Å². The molecule has 0 aliphatic carbocycles. The van der Waals surface area contributed by atoms with E-state index in [0.717, 1.165) is 15.6 Å². The molecule has 10 heteroatoms. The number of hydrogen-bond acceptors (Lipinski definition) is 7. The number of halogens is 1. The van der Waals surface area contributed by atoms with Crippen LogP contribution in [-0.4, -0.2) is 46.1 Å². The molecule has 0 radical (unpaired) electrons. The highest BCUT2D eigenvalue weighted by molar-refractivity contribution is 9.10. The molecular weight excluding hydrogens is 588 g/mol. The van der Waals surface area contributed by atoms with Crippen LogP contribution in [0.4, 0.5) is 5.69 Å². The van der Waals surface area contributed by atoms with E-state index in [-0.39, 0.29) is 18.9 Å². The molecule has 0 fully saturated rings. The van der Waals surface area contributed by atoms with E-state index >= 15 is 0 Å². The average Bonchev–Trinajstić information content (AvgIpc) is 3.54. The van der Waals surface area contributed by atoms with E-state index in [2.05, 4.69) is 26.2 Å². The third-order valence-corrected chi connectivity index (χ3v) is 6.81. The van der Waals surface area contributed by atoms with E-state index in [9.17, 15) is 14.4 Å². The van der Waals surface area contributed by atoms with Crippen LogP contribution in [-0.2, 0) is 22.7 Å². The highest BCUT2D eigenvalue weighted by Crippen LogP contribution is 2.31. The first kappa shape index (κ1) is 27.7. The smallest absolute Gasteiger partial charge is 0.299 e. The summed E-state index contributed by atoms with van der Waals surface area (Å²) in [5.74, 6) is -0.182. The Balaban J connectivity index is 1.16. The minimum atomic E-state index is -0.555. The van der Waals surface area contributed by atoms with Crippen molar-refractivity contribution in [2.45, 2.75) is 13.2 Å². The number of carbonyl (C=O) groups is 3. The molecule has 0 atom stereocenters. The highest BCUT2D eigenvalue weighted by Gasteiger charge is 2.35. The van der Waals surface area contributed by atoms with Crippen LogP contribution >= 0.6 is 15.9 Å². The lowest BCUT2D eigenvalue weighted by Gasteiger charge is -2.16. The van der Waals surface area contributed by atoms with E-state index < -0.39 is 11.7 Å². The van der Waals surface area contributed by atoms with E-state index in [0.29, 0.717) is 35.0 Å². The molecule has 1 amide bonds. The van der Waals surface area contributed by atoms with Gasteiger partial charge in [-0.15, -0.1) is 5.10 Å². The first-order chi connectivity index (χ1) is 19.9. The Bertz CT molecular complexity index is 1660. The molecule has 0 spiro atoms. The highest BCUT2D eigenvalue weighted by atomic mass is 79.9. The number of Topliss-reactive ketones (excluding diaryl/α,β-unsaturated/α-hetero) is 1. The number of carbonyl (C=O) groups excluding carboxylic acids is 3. The number of aromatic nitrogens is 3. The lowest BCUT2D eigenvalue weighted by atomic mass is 10.1. The van der Waals surface area contributed by atoms with Gasteiger partial charge in [0.25, 0.3) is 11.7 Å². The van der Waals surface area contributed by atoms with Gasteiger partial charge in [0.05, 0.1) is 31.1 Å². The summed E-state index contributed by atoms with van der Waals surface area (Å²) in [7, 11) is 1.54. The lowest BCUT2D eigenvalue weighted by molar-refractivity contribution is -0.114. The van der Waals surface area contributed by atoms with Gasteiger partial charge in [-0.05, 0) is 53.6 Å². The molecule has 0 saturated heterocycles. The number of methoxy groups -OCH3 is 1. The number of rotatable bonds is 11. The maximum Gasteiger partial charge on any atom is 0.299 e. The van der Waals surface area contributed by atoms with Gasteiger partial charge >= 0.3 is 0 Å². The van der Waals surface area contributed by atoms with E-state index in [4.69, 9.17) is 9.47 Å². The van der Waals surface area contributed by atoms with Crippen molar-refractivity contribution >= 4 is 51.2 Å². The Kier molecular flexibility index (Phi) is 8.50. The summed E-state index contributed by atoms with van der Waals surface area (Å²) in [6.07, 6.45) is 8.23. The summed E-state index contributed by atoms with van der Waals surface area (Å²) >= 11 is 3.34. The summed E-state index contributed by atoms with van der Waals surface area (Å²) in [6.45, 7) is 0.771. The van der Waals surface area contributed by atoms with Crippen molar-refractivity contribution in [2.75, 3.05) is 18.6 Å². The third kappa shape index (κ3) is 6.67. The monoisotopic (exact) mass is 612 g/mol. The van der Waals surface area contributed by atoms with Crippen LogP contribution in [0.1, 0.15) is 27.2 Å². The van der Waals surface area contributed by atoms with E-state index in [1.54, 1.807) is 60.5 Å². The Hall–Kier alpha value is -4.83. The zero-order valence-corrected chi connectivity index (χ0v) is 23.7. The lowest BCUT2D eigenvalue weighted by Crippen LogP contribution is -2.32. The fourth-order valence-corrected chi connectivity index (χ4v) is 4.61. The zero-order valence-electron chi connectivity index (χ0n) is 22.1. The van der Waals surface area contributed by atoms with Gasteiger partial charge in [0.1, 0.15) is 12.3 Å². The Morgan fingerprint density at radius 3 is 2.49 bits per heavy atom. The summed E-state index contributed by atoms with van der Waals surface area (Å²) < 4.78 is 13.7. The van der Waals surface area contributed by atoms with Crippen LogP contribution in [0.3, 0.4) is 0 Å². The van der Waals surface area contributed by atoms with Gasteiger partial charge in [-0.1, -0.05) is 69.7 Å².